The molecule has 0 radical (unpaired) electrons. The summed E-state index contributed by atoms with van der Waals surface area (Å²) in [5.74, 6) is 2.06. The summed E-state index contributed by atoms with van der Waals surface area (Å²) in [5.41, 5.74) is 1.36. The average Bonchev–Trinajstić information content (AvgIpc) is 2.98. The molecule has 0 unspecified atom stereocenters. The van der Waals surface area contributed by atoms with Gasteiger partial charge in [0.05, 0.1) is 19.1 Å². The lowest BCUT2D eigenvalue weighted by molar-refractivity contribution is 0.187. The van der Waals surface area contributed by atoms with E-state index in [4.69, 9.17) is 4.74 Å². The van der Waals surface area contributed by atoms with Crippen LogP contribution in [0.5, 0.6) is 0 Å². The maximum absolute atomic E-state index is 5.66. The Hall–Kier alpha value is -1.66. The van der Waals surface area contributed by atoms with Gasteiger partial charge >= 0.3 is 0 Å². The van der Waals surface area contributed by atoms with Crippen LogP contribution in [-0.4, -0.2) is 39.0 Å². The van der Waals surface area contributed by atoms with Crippen molar-refractivity contribution in [3.8, 4) is 0 Å². The van der Waals surface area contributed by atoms with Gasteiger partial charge in [-0.15, -0.1) is 0 Å². The quantitative estimate of drug-likeness (QED) is 0.853. The summed E-state index contributed by atoms with van der Waals surface area (Å²) in [6.45, 7) is 4.38. The van der Waals surface area contributed by atoms with Gasteiger partial charge in [-0.05, 0) is 25.0 Å². The number of aryl methyl sites for hydroxylation is 1. The van der Waals surface area contributed by atoms with Gasteiger partial charge in [-0.1, -0.05) is 6.92 Å². The Bertz CT molecular complexity index is 630. The van der Waals surface area contributed by atoms with Gasteiger partial charge in [0.25, 0.3) is 0 Å². The van der Waals surface area contributed by atoms with Crippen molar-refractivity contribution in [3.05, 3.63) is 35.7 Å². The number of ether oxygens (including phenoxy) is 1. The minimum Gasteiger partial charge on any atom is -0.379 e. The van der Waals surface area contributed by atoms with Gasteiger partial charge in [-0.3, -0.25) is 5.10 Å². The van der Waals surface area contributed by atoms with Gasteiger partial charge in [0.1, 0.15) is 5.82 Å². The lowest BCUT2D eigenvalue weighted by atomic mass is 10.0. The van der Waals surface area contributed by atoms with Gasteiger partial charge in [0, 0.05) is 36.9 Å². The predicted octanol–water partition coefficient (Wildman–Crippen LogP) is 1.78. The van der Waals surface area contributed by atoms with Crippen LogP contribution in [0.15, 0.2) is 18.3 Å². The van der Waals surface area contributed by atoms with Crippen molar-refractivity contribution in [2.24, 2.45) is 0 Å². The first-order chi connectivity index (χ1) is 10.8. The molecule has 0 amide bonds. The molecule has 2 aliphatic rings. The summed E-state index contributed by atoms with van der Waals surface area (Å²) in [6, 6.07) is 5.35. The van der Waals surface area contributed by atoms with Crippen molar-refractivity contribution in [1.29, 1.82) is 0 Å². The molecule has 1 aliphatic heterocycles. The Morgan fingerprint density at radius 3 is 3.09 bits per heavy atom. The molecule has 1 saturated heterocycles. The Morgan fingerprint density at radius 1 is 1.41 bits per heavy atom. The van der Waals surface area contributed by atoms with E-state index in [1.165, 1.54) is 18.5 Å². The summed E-state index contributed by atoms with van der Waals surface area (Å²) in [4.78, 5) is 4.57. The lowest BCUT2D eigenvalue weighted by Crippen LogP contribution is -2.35. The van der Waals surface area contributed by atoms with Crippen LogP contribution in [0.2, 0.25) is 0 Å². The molecule has 2 aromatic heterocycles. The van der Waals surface area contributed by atoms with Gasteiger partial charge in [0.2, 0.25) is 0 Å². The standard InChI is InChI=1S/C16H23N5O/c1-2-15-18-16(20-19-15)13-9-22-10-14(13)17-8-12-4-3-7-21(12)11-5-6-11/h3-4,7,11,13-14,17H,2,5-6,8-10H2,1H3,(H,18,19,20)/t13-,14+/m1/s1. The Balaban J connectivity index is 1.41. The van der Waals surface area contributed by atoms with Gasteiger partial charge in [-0.2, -0.15) is 5.10 Å². The fourth-order valence-electron chi connectivity index (χ4n) is 3.17. The summed E-state index contributed by atoms with van der Waals surface area (Å²) in [6.07, 6.45) is 5.70. The number of nitrogens with zero attached hydrogens (tertiary/aromatic N) is 3. The van der Waals surface area contributed by atoms with Gasteiger partial charge < -0.3 is 14.6 Å². The highest BCUT2D eigenvalue weighted by Gasteiger charge is 2.32. The summed E-state index contributed by atoms with van der Waals surface area (Å²) >= 11 is 0. The number of rotatable bonds is 6. The van der Waals surface area contributed by atoms with Crippen LogP contribution in [0.4, 0.5) is 0 Å². The summed E-state index contributed by atoms with van der Waals surface area (Å²) in [7, 11) is 0. The zero-order valence-electron chi connectivity index (χ0n) is 13.0. The fraction of sp³-hybridized carbons (Fsp3) is 0.625. The van der Waals surface area contributed by atoms with Crippen LogP contribution in [0.3, 0.4) is 0 Å². The van der Waals surface area contributed by atoms with Crippen molar-refractivity contribution in [1.82, 2.24) is 25.1 Å². The van der Waals surface area contributed by atoms with E-state index in [1.807, 2.05) is 0 Å². The zero-order valence-corrected chi connectivity index (χ0v) is 13.0. The van der Waals surface area contributed by atoms with E-state index in [2.05, 4.69) is 50.3 Å². The molecule has 22 heavy (non-hydrogen) atoms. The third-order valence-electron chi connectivity index (χ3n) is 4.65. The van der Waals surface area contributed by atoms with E-state index >= 15 is 0 Å². The van der Waals surface area contributed by atoms with Crippen LogP contribution in [-0.2, 0) is 17.7 Å². The molecule has 0 bridgehead atoms. The summed E-state index contributed by atoms with van der Waals surface area (Å²) < 4.78 is 8.07. The largest absolute Gasteiger partial charge is 0.379 e. The topological polar surface area (TPSA) is 67.8 Å². The van der Waals surface area contributed by atoms with Crippen molar-refractivity contribution in [2.75, 3.05) is 13.2 Å². The third kappa shape index (κ3) is 2.68. The van der Waals surface area contributed by atoms with Gasteiger partial charge in [0.15, 0.2) is 5.82 Å². The monoisotopic (exact) mass is 301 g/mol. The SMILES string of the molecule is CCc1nc([C@@H]2COC[C@@H]2NCc2cccn2C2CC2)n[nH]1. The number of aromatic nitrogens is 4. The van der Waals surface area contributed by atoms with E-state index in [1.54, 1.807) is 0 Å². The molecule has 2 aromatic rings. The molecule has 2 atom stereocenters. The van der Waals surface area contributed by atoms with E-state index in [0.29, 0.717) is 6.61 Å². The molecule has 2 fully saturated rings. The molecule has 1 saturated carbocycles. The van der Waals surface area contributed by atoms with Crippen molar-refractivity contribution in [3.63, 3.8) is 0 Å². The van der Waals surface area contributed by atoms with Crippen LogP contribution in [0.25, 0.3) is 0 Å². The van der Waals surface area contributed by atoms with Crippen LogP contribution in [0, 0.1) is 0 Å². The molecule has 2 N–H and O–H groups in total. The molecule has 6 heteroatoms. The lowest BCUT2D eigenvalue weighted by Gasteiger charge is -2.17. The minimum atomic E-state index is 0.237. The van der Waals surface area contributed by atoms with Gasteiger partial charge in [-0.25, -0.2) is 4.98 Å². The molecule has 0 spiro atoms. The number of aromatic amines is 1. The fourth-order valence-corrected chi connectivity index (χ4v) is 3.17. The maximum atomic E-state index is 5.66. The second-order valence-electron chi connectivity index (χ2n) is 6.26. The number of hydrogen-bond donors (Lipinski definition) is 2. The van der Waals surface area contributed by atoms with E-state index in [-0.39, 0.29) is 12.0 Å². The number of hydrogen-bond acceptors (Lipinski definition) is 4. The first-order valence-electron chi connectivity index (χ1n) is 8.23. The second kappa shape index (κ2) is 5.85. The molecule has 6 nitrogen and oxygen atoms in total. The highest BCUT2D eigenvalue weighted by atomic mass is 16.5. The highest BCUT2D eigenvalue weighted by molar-refractivity contribution is 5.12. The van der Waals surface area contributed by atoms with Crippen LogP contribution >= 0.6 is 0 Å². The van der Waals surface area contributed by atoms with E-state index in [0.717, 1.165) is 37.3 Å². The van der Waals surface area contributed by atoms with E-state index in [9.17, 15) is 0 Å². The molecule has 1 aliphatic carbocycles. The first-order valence-corrected chi connectivity index (χ1v) is 8.23. The summed E-state index contributed by atoms with van der Waals surface area (Å²) in [5, 5.41) is 11.0. The third-order valence-corrected chi connectivity index (χ3v) is 4.65. The Morgan fingerprint density at radius 2 is 2.32 bits per heavy atom. The second-order valence-corrected chi connectivity index (χ2v) is 6.26. The van der Waals surface area contributed by atoms with Crippen molar-refractivity contribution >= 4 is 0 Å². The predicted molar refractivity (Wildman–Crippen MR) is 82.7 cm³/mol. The van der Waals surface area contributed by atoms with Crippen LogP contribution < -0.4 is 5.32 Å². The molecule has 3 heterocycles. The normalized spacial score (nSPS) is 25.0. The molecular weight excluding hydrogens is 278 g/mol. The molecule has 118 valence electrons. The maximum Gasteiger partial charge on any atom is 0.157 e. The highest BCUT2D eigenvalue weighted by Crippen LogP contribution is 2.36. The zero-order chi connectivity index (χ0) is 14.9. The molecular formula is C16H23N5O. The molecule has 4 rings (SSSR count). The first kappa shape index (κ1) is 14.0. The van der Waals surface area contributed by atoms with E-state index < -0.39 is 0 Å². The molecule has 0 aromatic carbocycles. The Labute approximate surface area is 130 Å². The van der Waals surface area contributed by atoms with Crippen molar-refractivity contribution < 1.29 is 4.74 Å². The minimum absolute atomic E-state index is 0.237. The van der Waals surface area contributed by atoms with Crippen molar-refractivity contribution in [2.45, 2.75) is 50.7 Å². The smallest absolute Gasteiger partial charge is 0.157 e. The number of H-pyrrole nitrogens is 1. The average molecular weight is 301 g/mol. The van der Waals surface area contributed by atoms with Crippen LogP contribution in [0.1, 0.15) is 49.1 Å². The Kier molecular flexibility index (Phi) is 3.72. The number of nitrogens with one attached hydrogen (secondary N) is 2.